The molecule has 0 bridgehead atoms. The second kappa shape index (κ2) is 8.34. The second-order valence-electron chi connectivity index (χ2n) is 8.40. The third kappa shape index (κ3) is 4.23. The third-order valence-electron chi connectivity index (χ3n) is 6.14. The number of carbonyl (C=O) groups excluding carboxylic acids is 1. The van der Waals surface area contributed by atoms with E-state index in [-0.39, 0.29) is 18.6 Å². The van der Waals surface area contributed by atoms with Gasteiger partial charge in [-0.25, -0.2) is 13.9 Å². The minimum atomic E-state index is -0.116. The highest BCUT2D eigenvalue weighted by atomic mass is 79.9. The predicted octanol–water partition coefficient (Wildman–Crippen LogP) is 4.79. The Kier molecular flexibility index (Phi) is 6.29. The van der Waals surface area contributed by atoms with Gasteiger partial charge in [0.2, 0.25) is 0 Å². The van der Waals surface area contributed by atoms with Crippen LogP contribution in [0.3, 0.4) is 0 Å². The molecular weight excluding hydrogens is 404 g/mol. The molecule has 1 aliphatic carbocycles. The van der Waals surface area contributed by atoms with E-state index in [1.165, 1.54) is 6.42 Å². The number of nitrogens with zero attached hydrogens (tertiary/aromatic N) is 2. The van der Waals surface area contributed by atoms with E-state index in [9.17, 15) is 4.79 Å². The van der Waals surface area contributed by atoms with Crippen LogP contribution in [0.5, 0.6) is 0 Å². The van der Waals surface area contributed by atoms with Gasteiger partial charge in [-0.15, -0.1) is 0 Å². The van der Waals surface area contributed by atoms with Gasteiger partial charge in [0.15, 0.2) is 17.6 Å². The number of fused-ring (bicyclic) bond motifs is 1. The fourth-order valence-electron chi connectivity index (χ4n) is 4.64. The summed E-state index contributed by atoms with van der Waals surface area (Å²) in [7, 11) is 2.06. The zero-order valence-electron chi connectivity index (χ0n) is 17.2. The molecule has 5 heteroatoms. The number of ether oxygens (including phenoxy) is 1. The van der Waals surface area contributed by atoms with Crippen LogP contribution in [-0.4, -0.2) is 16.6 Å². The normalized spacial score (nSPS) is 23.1. The van der Waals surface area contributed by atoms with Crippen LogP contribution >= 0.6 is 15.9 Å². The molecule has 0 amide bonds. The maximum absolute atomic E-state index is 12.9. The maximum atomic E-state index is 12.9. The summed E-state index contributed by atoms with van der Waals surface area (Å²) >= 11 is 3.55. The van der Waals surface area contributed by atoms with E-state index in [0.717, 1.165) is 40.6 Å². The first-order valence-corrected chi connectivity index (χ1v) is 11.0. The Morgan fingerprint density at radius 3 is 2.78 bits per heavy atom. The maximum Gasteiger partial charge on any atom is 0.348 e. The summed E-state index contributed by atoms with van der Waals surface area (Å²) < 4.78 is 11.4. The molecular formula is C22H32BrN2O2+. The summed E-state index contributed by atoms with van der Waals surface area (Å²) in [5.74, 6) is 2.67. The van der Waals surface area contributed by atoms with Crippen molar-refractivity contribution in [2.75, 3.05) is 0 Å². The Bertz CT molecular complexity index is 827. The Morgan fingerprint density at radius 1 is 1.37 bits per heavy atom. The van der Waals surface area contributed by atoms with E-state index < -0.39 is 0 Å². The van der Waals surface area contributed by atoms with Gasteiger partial charge in [0.05, 0.1) is 7.05 Å². The summed E-state index contributed by atoms with van der Waals surface area (Å²) in [5.41, 5.74) is 2.20. The zero-order valence-corrected chi connectivity index (χ0v) is 18.8. The highest BCUT2D eigenvalue weighted by Gasteiger charge is 2.34. The Balaban J connectivity index is 1.83. The number of halogens is 1. The number of rotatable bonds is 5. The van der Waals surface area contributed by atoms with Gasteiger partial charge in [-0.1, -0.05) is 50.0 Å². The molecule has 0 N–H and O–H groups in total. The first-order chi connectivity index (χ1) is 12.8. The minimum absolute atomic E-state index is 0.0519. The highest BCUT2D eigenvalue weighted by Crippen LogP contribution is 2.35. The monoisotopic (exact) mass is 435 g/mol. The van der Waals surface area contributed by atoms with Crippen molar-refractivity contribution in [3.05, 3.63) is 28.5 Å². The summed E-state index contributed by atoms with van der Waals surface area (Å²) in [6, 6.07) is 6.21. The molecule has 0 saturated heterocycles. The molecule has 3 atom stereocenters. The van der Waals surface area contributed by atoms with Gasteiger partial charge in [-0.05, 0) is 42.7 Å². The number of hydrogen-bond acceptors (Lipinski definition) is 2. The molecule has 0 aliphatic heterocycles. The molecule has 1 aliphatic rings. The van der Waals surface area contributed by atoms with E-state index in [1.807, 2.05) is 6.07 Å². The van der Waals surface area contributed by atoms with Crippen LogP contribution in [0.1, 0.15) is 52.8 Å². The lowest BCUT2D eigenvalue weighted by atomic mass is 9.75. The molecule has 1 aromatic heterocycles. The van der Waals surface area contributed by atoms with E-state index in [4.69, 9.17) is 4.74 Å². The Morgan fingerprint density at radius 2 is 2.11 bits per heavy atom. The lowest BCUT2D eigenvalue weighted by Crippen LogP contribution is -2.44. The molecule has 1 fully saturated rings. The molecule has 148 valence electrons. The molecule has 1 saturated carbocycles. The number of imidazole rings is 1. The lowest BCUT2D eigenvalue weighted by molar-refractivity contribution is -0.668. The number of carbonyl (C=O) groups is 1. The zero-order chi connectivity index (χ0) is 19.7. The number of aromatic nitrogens is 2. The van der Waals surface area contributed by atoms with Gasteiger partial charge >= 0.3 is 5.97 Å². The van der Waals surface area contributed by atoms with Crippen LogP contribution in [0, 0.1) is 17.8 Å². The van der Waals surface area contributed by atoms with E-state index >= 15 is 0 Å². The van der Waals surface area contributed by atoms with Gasteiger partial charge in [-0.2, -0.15) is 0 Å². The van der Waals surface area contributed by atoms with E-state index in [0.29, 0.717) is 17.8 Å². The molecule has 27 heavy (non-hydrogen) atoms. The predicted molar refractivity (Wildman–Crippen MR) is 111 cm³/mol. The fourth-order valence-corrected chi connectivity index (χ4v) is 4.99. The smallest absolute Gasteiger partial charge is 0.348 e. The number of esters is 1. The van der Waals surface area contributed by atoms with Crippen molar-refractivity contribution >= 4 is 32.9 Å². The molecule has 4 nitrogen and oxygen atoms in total. The van der Waals surface area contributed by atoms with Gasteiger partial charge < -0.3 is 4.74 Å². The van der Waals surface area contributed by atoms with Crippen molar-refractivity contribution < 1.29 is 14.1 Å². The first-order valence-electron chi connectivity index (χ1n) is 10.2. The Labute approximate surface area is 171 Å². The summed E-state index contributed by atoms with van der Waals surface area (Å²) in [5, 5.41) is 0. The van der Waals surface area contributed by atoms with Crippen molar-refractivity contribution in [2.24, 2.45) is 24.8 Å². The molecule has 0 unspecified atom stereocenters. The van der Waals surface area contributed by atoms with Crippen molar-refractivity contribution in [2.45, 2.75) is 66.0 Å². The van der Waals surface area contributed by atoms with Crippen LogP contribution in [-0.2, 0) is 29.5 Å². The molecule has 1 heterocycles. The molecule has 0 spiro atoms. The van der Waals surface area contributed by atoms with Crippen molar-refractivity contribution in [3.8, 4) is 0 Å². The minimum Gasteiger partial charge on any atom is -0.459 e. The SMILES string of the molecule is CCc1n(C)c2cc(Br)ccc2[n+]1CC(=O)O[C@@H]1C[C@H](C)CC[C@H]1C(C)C. The fraction of sp³-hybridized carbons (Fsp3) is 0.636. The van der Waals surface area contributed by atoms with E-state index in [2.05, 4.69) is 71.9 Å². The van der Waals surface area contributed by atoms with Crippen LogP contribution in [0.2, 0.25) is 0 Å². The number of hydrogen-bond donors (Lipinski definition) is 0. The van der Waals surface area contributed by atoms with Crippen LogP contribution in [0.25, 0.3) is 11.0 Å². The Hall–Kier alpha value is -1.36. The van der Waals surface area contributed by atoms with Gasteiger partial charge in [-0.3, -0.25) is 0 Å². The number of aryl methyl sites for hydroxylation is 1. The lowest BCUT2D eigenvalue weighted by Gasteiger charge is -2.36. The standard InChI is InChI=1S/C22H32BrN2O2/c1-6-21-24(5)19-12-16(23)8-10-18(19)25(21)13-22(26)27-20-11-15(4)7-9-17(20)14(2)3/h8,10,12,14-15,17,20H,6-7,9,11,13H2,1-5H3/q+1/t15-,17+,20-/m1/s1. The summed E-state index contributed by atoms with van der Waals surface area (Å²) in [6.07, 6.45) is 4.31. The van der Waals surface area contributed by atoms with Crippen molar-refractivity contribution in [1.29, 1.82) is 0 Å². The molecule has 3 rings (SSSR count). The van der Waals surface area contributed by atoms with Gasteiger partial charge in [0, 0.05) is 17.0 Å². The second-order valence-corrected chi connectivity index (χ2v) is 9.32. The molecule has 0 radical (unpaired) electrons. The quantitative estimate of drug-likeness (QED) is 0.499. The van der Waals surface area contributed by atoms with Crippen LogP contribution in [0.15, 0.2) is 22.7 Å². The first kappa shape index (κ1) is 20.4. The molecule has 1 aromatic carbocycles. The average molecular weight is 436 g/mol. The largest absolute Gasteiger partial charge is 0.459 e. The van der Waals surface area contributed by atoms with E-state index in [1.54, 1.807) is 0 Å². The highest BCUT2D eigenvalue weighted by molar-refractivity contribution is 9.10. The average Bonchev–Trinajstić information content (AvgIpc) is 2.85. The van der Waals surface area contributed by atoms with Gasteiger partial charge in [0.25, 0.3) is 5.82 Å². The summed E-state index contributed by atoms with van der Waals surface area (Å²) in [4.78, 5) is 12.9. The van der Waals surface area contributed by atoms with Crippen molar-refractivity contribution in [1.82, 2.24) is 4.57 Å². The van der Waals surface area contributed by atoms with Crippen LogP contribution in [0.4, 0.5) is 0 Å². The third-order valence-corrected chi connectivity index (χ3v) is 6.63. The number of benzene rings is 1. The van der Waals surface area contributed by atoms with Crippen LogP contribution < -0.4 is 4.57 Å². The molecule has 2 aromatic rings. The van der Waals surface area contributed by atoms with Crippen molar-refractivity contribution in [3.63, 3.8) is 0 Å². The summed E-state index contributed by atoms with van der Waals surface area (Å²) in [6.45, 7) is 9.16. The van der Waals surface area contributed by atoms with Gasteiger partial charge in [0.1, 0.15) is 6.10 Å². The topological polar surface area (TPSA) is 35.1 Å².